The van der Waals surface area contributed by atoms with Crippen molar-refractivity contribution in [2.75, 3.05) is 20.1 Å². The van der Waals surface area contributed by atoms with Crippen LogP contribution in [0.15, 0.2) is 0 Å². The second-order valence-corrected chi connectivity index (χ2v) is 6.20. The molecule has 0 heterocycles. The first-order valence-electron chi connectivity index (χ1n) is 7.98. The minimum absolute atomic E-state index is 0.335. The normalized spacial score (nSPS) is 20.2. The lowest BCUT2D eigenvalue weighted by Gasteiger charge is -2.31. The monoisotopic (exact) mass is 265 g/mol. The molecule has 1 atom stereocenters. The highest BCUT2D eigenvalue weighted by Gasteiger charge is 2.22. The summed E-state index contributed by atoms with van der Waals surface area (Å²) in [7, 11) is 2.27. The summed E-state index contributed by atoms with van der Waals surface area (Å²) >= 11 is 0. The van der Waals surface area contributed by atoms with Crippen molar-refractivity contribution in [2.45, 2.75) is 76.8 Å². The molecule has 1 aliphatic carbocycles. The lowest BCUT2D eigenvalue weighted by molar-refractivity contribution is 0.187. The Hall–Kier alpha value is -0.590. The molecule has 1 N–H and O–H groups in total. The Bertz CT molecular complexity index is 278. The van der Waals surface area contributed by atoms with E-state index >= 15 is 0 Å². The van der Waals surface area contributed by atoms with Gasteiger partial charge in [0.25, 0.3) is 0 Å². The molecule has 1 unspecified atom stereocenters. The summed E-state index contributed by atoms with van der Waals surface area (Å²) in [6.45, 7) is 6.12. The fourth-order valence-electron chi connectivity index (χ4n) is 3.12. The summed E-state index contributed by atoms with van der Waals surface area (Å²) in [6.07, 6.45) is 10.3. The highest BCUT2D eigenvalue weighted by atomic mass is 15.1. The number of nitrogens with zero attached hydrogens (tertiary/aromatic N) is 2. The predicted molar refractivity (Wildman–Crippen MR) is 81.0 cm³/mol. The third-order valence-electron chi connectivity index (χ3n) is 4.45. The van der Waals surface area contributed by atoms with Crippen molar-refractivity contribution >= 4 is 0 Å². The molecule has 1 fully saturated rings. The molecule has 0 amide bonds. The van der Waals surface area contributed by atoms with Gasteiger partial charge in [0, 0.05) is 6.04 Å². The highest BCUT2D eigenvalue weighted by molar-refractivity contribution is 5.03. The first-order valence-corrected chi connectivity index (χ1v) is 7.98. The number of nitrogens with one attached hydrogen (secondary N) is 1. The van der Waals surface area contributed by atoms with E-state index in [-0.39, 0.29) is 5.54 Å². The molecule has 0 saturated heterocycles. The fraction of sp³-hybridized carbons (Fsp3) is 0.938. The highest BCUT2D eigenvalue weighted by Crippen LogP contribution is 2.22. The molecular weight excluding hydrogens is 234 g/mol. The summed E-state index contributed by atoms with van der Waals surface area (Å²) in [5.41, 5.74) is -0.335. The zero-order valence-electron chi connectivity index (χ0n) is 13.0. The third-order valence-corrected chi connectivity index (χ3v) is 4.45. The number of nitriles is 1. The van der Waals surface area contributed by atoms with Gasteiger partial charge in [-0.05, 0) is 59.2 Å². The second kappa shape index (κ2) is 8.55. The third kappa shape index (κ3) is 5.93. The van der Waals surface area contributed by atoms with Crippen LogP contribution in [-0.4, -0.2) is 36.6 Å². The number of hydrogen-bond acceptors (Lipinski definition) is 3. The summed E-state index contributed by atoms with van der Waals surface area (Å²) < 4.78 is 0. The van der Waals surface area contributed by atoms with Crippen LogP contribution < -0.4 is 5.32 Å². The van der Waals surface area contributed by atoms with E-state index in [0.717, 1.165) is 25.4 Å². The standard InChI is InChI=1S/C16H31N3/c1-4-18-16(2,14-17)12-8-9-13-19(3)15-10-6-5-7-11-15/h15,18H,4-13H2,1-3H3. The van der Waals surface area contributed by atoms with Crippen LogP contribution in [0.4, 0.5) is 0 Å². The molecule has 0 aromatic carbocycles. The van der Waals surface area contributed by atoms with Gasteiger partial charge in [-0.2, -0.15) is 5.26 Å². The smallest absolute Gasteiger partial charge is 0.103 e. The molecule has 3 nitrogen and oxygen atoms in total. The fourth-order valence-corrected chi connectivity index (χ4v) is 3.12. The van der Waals surface area contributed by atoms with Crippen LogP contribution >= 0.6 is 0 Å². The van der Waals surface area contributed by atoms with Crippen molar-refractivity contribution in [1.82, 2.24) is 10.2 Å². The van der Waals surface area contributed by atoms with Crippen LogP contribution in [0, 0.1) is 11.3 Å². The van der Waals surface area contributed by atoms with E-state index in [1.165, 1.54) is 45.1 Å². The Labute approximate surface area is 119 Å². The van der Waals surface area contributed by atoms with Crippen molar-refractivity contribution in [1.29, 1.82) is 5.26 Å². The molecule has 3 heteroatoms. The van der Waals surface area contributed by atoms with E-state index in [0.29, 0.717) is 0 Å². The van der Waals surface area contributed by atoms with Crippen molar-refractivity contribution < 1.29 is 0 Å². The van der Waals surface area contributed by atoms with E-state index in [9.17, 15) is 5.26 Å². The average molecular weight is 265 g/mol. The SMILES string of the molecule is CCNC(C)(C#N)CCCCN(C)C1CCCCC1. The Morgan fingerprint density at radius 2 is 1.95 bits per heavy atom. The maximum Gasteiger partial charge on any atom is 0.103 e. The molecule has 0 aromatic heterocycles. The van der Waals surface area contributed by atoms with Crippen molar-refractivity contribution in [3.8, 4) is 6.07 Å². The molecule has 0 aromatic rings. The van der Waals surface area contributed by atoms with Gasteiger partial charge in [-0.1, -0.05) is 26.2 Å². The Kier molecular flexibility index (Phi) is 7.41. The topological polar surface area (TPSA) is 39.1 Å². The van der Waals surface area contributed by atoms with Gasteiger partial charge in [0.05, 0.1) is 6.07 Å². The summed E-state index contributed by atoms with van der Waals surface area (Å²) in [5.74, 6) is 0. The number of unbranched alkanes of at least 4 members (excludes halogenated alkanes) is 1. The molecule has 0 aliphatic heterocycles. The van der Waals surface area contributed by atoms with Gasteiger partial charge in [0.1, 0.15) is 5.54 Å². The van der Waals surface area contributed by atoms with Gasteiger partial charge in [-0.3, -0.25) is 5.32 Å². The molecule has 1 rings (SSSR count). The quantitative estimate of drug-likeness (QED) is 0.684. The van der Waals surface area contributed by atoms with Gasteiger partial charge in [0.15, 0.2) is 0 Å². The molecule has 0 radical (unpaired) electrons. The maximum absolute atomic E-state index is 9.21. The van der Waals surface area contributed by atoms with Crippen LogP contribution in [0.5, 0.6) is 0 Å². The molecule has 110 valence electrons. The second-order valence-electron chi connectivity index (χ2n) is 6.20. The zero-order chi connectivity index (χ0) is 14.1. The Balaban J connectivity index is 2.17. The van der Waals surface area contributed by atoms with Gasteiger partial charge in [0.2, 0.25) is 0 Å². The van der Waals surface area contributed by atoms with Gasteiger partial charge < -0.3 is 4.90 Å². The molecule has 0 spiro atoms. The zero-order valence-corrected chi connectivity index (χ0v) is 13.0. The minimum atomic E-state index is -0.335. The lowest BCUT2D eigenvalue weighted by Crippen LogP contribution is -2.41. The van der Waals surface area contributed by atoms with Gasteiger partial charge >= 0.3 is 0 Å². The van der Waals surface area contributed by atoms with Crippen molar-refractivity contribution in [3.63, 3.8) is 0 Å². The Morgan fingerprint density at radius 3 is 2.53 bits per heavy atom. The molecule has 19 heavy (non-hydrogen) atoms. The molecule has 0 bridgehead atoms. The van der Waals surface area contributed by atoms with Gasteiger partial charge in [-0.25, -0.2) is 0 Å². The molecule has 1 saturated carbocycles. The maximum atomic E-state index is 9.21. The average Bonchev–Trinajstić information content (AvgIpc) is 2.44. The largest absolute Gasteiger partial charge is 0.303 e. The Morgan fingerprint density at radius 1 is 1.26 bits per heavy atom. The van der Waals surface area contributed by atoms with Crippen LogP contribution in [0.3, 0.4) is 0 Å². The van der Waals surface area contributed by atoms with E-state index < -0.39 is 0 Å². The number of rotatable bonds is 8. The minimum Gasteiger partial charge on any atom is -0.303 e. The summed E-state index contributed by atoms with van der Waals surface area (Å²) in [6, 6.07) is 3.22. The van der Waals surface area contributed by atoms with Crippen LogP contribution in [0.25, 0.3) is 0 Å². The van der Waals surface area contributed by atoms with E-state index in [1.807, 2.05) is 6.92 Å². The van der Waals surface area contributed by atoms with Crippen LogP contribution in [0.2, 0.25) is 0 Å². The van der Waals surface area contributed by atoms with Crippen molar-refractivity contribution in [2.24, 2.45) is 0 Å². The number of hydrogen-bond donors (Lipinski definition) is 1. The van der Waals surface area contributed by atoms with Gasteiger partial charge in [-0.15, -0.1) is 0 Å². The summed E-state index contributed by atoms with van der Waals surface area (Å²) in [5, 5.41) is 12.5. The van der Waals surface area contributed by atoms with E-state index in [4.69, 9.17) is 0 Å². The lowest BCUT2D eigenvalue weighted by atomic mass is 9.93. The van der Waals surface area contributed by atoms with E-state index in [2.05, 4.69) is 30.3 Å². The first kappa shape index (κ1) is 16.5. The van der Waals surface area contributed by atoms with Crippen molar-refractivity contribution in [3.05, 3.63) is 0 Å². The molecule has 1 aliphatic rings. The predicted octanol–water partition coefficient (Wildman–Crippen LogP) is 3.31. The first-order chi connectivity index (χ1) is 9.11. The van der Waals surface area contributed by atoms with Crippen LogP contribution in [-0.2, 0) is 0 Å². The van der Waals surface area contributed by atoms with Crippen LogP contribution in [0.1, 0.15) is 65.2 Å². The van der Waals surface area contributed by atoms with E-state index in [1.54, 1.807) is 0 Å². The molecular formula is C16H31N3. The summed E-state index contributed by atoms with van der Waals surface area (Å²) in [4.78, 5) is 2.54.